The molecule has 0 spiro atoms. The second-order valence-electron chi connectivity index (χ2n) is 4.39. The molecule has 90 valence electrons. The van der Waals surface area contributed by atoms with Crippen molar-refractivity contribution < 1.29 is 14.3 Å². The first-order chi connectivity index (χ1) is 7.66. The summed E-state index contributed by atoms with van der Waals surface area (Å²) >= 11 is 0. The summed E-state index contributed by atoms with van der Waals surface area (Å²) in [5.41, 5.74) is 4.89. The van der Waals surface area contributed by atoms with Crippen molar-refractivity contribution in [2.75, 3.05) is 26.3 Å². The molecule has 2 aliphatic heterocycles. The number of imide groups is 1. The predicted molar refractivity (Wildman–Crippen MR) is 56.6 cm³/mol. The summed E-state index contributed by atoms with van der Waals surface area (Å²) in [7, 11) is 0. The van der Waals surface area contributed by atoms with Crippen molar-refractivity contribution in [2.45, 2.75) is 18.9 Å². The van der Waals surface area contributed by atoms with E-state index in [4.69, 9.17) is 10.5 Å². The molecule has 0 unspecified atom stereocenters. The number of ether oxygens (including phenoxy) is 1. The lowest BCUT2D eigenvalue weighted by Gasteiger charge is -2.35. The van der Waals surface area contributed by atoms with Gasteiger partial charge in [0.2, 0.25) is 5.91 Å². The van der Waals surface area contributed by atoms with Crippen molar-refractivity contribution in [1.29, 1.82) is 0 Å². The Hall–Kier alpha value is -1.14. The molecule has 2 rings (SSSR count). The van der Waals surface area contributed by atoms with Gasteiger partial charge in [0.05, 0.1) is 19.8 Å². The van der Waals surface area contributed by atoms with Crippen LogP contribution in [0.3, 0.4) is 0 Å². The van der Waals surface area contributed by atoms with Crippen LogP contribution in [0.2, 0.25) is 0 Å². The highest BCUT2D eigenvalue weighted by molar-refractivity contribution is 5.94. The fraction of sp³-hybridized carbons (Fsp3) is 0.800. The Balaban J connectivity index is 1.88. The number of likely N-dealkylation sites (tertiary alicyclic amines) is 1. The lowest BCUT2D eigenvalue weighted by molar-refractivity contribution is -0.122. The van der Waals surface area contributed by atoms with Gasteiger partial charge in [-0.3, -0.25) is 15.0 Å². The van der Waals surface area contributed by atoms with Crippen LogP contribution in [0.4, 0.5) is 4.79 Å². The Labute approximate surface area is 94.1 Å². The molecule has 6 nitrogen and oxygen atoms in total. The number of primary amides is 1. The third kappa shape index (κ3) is 2.51. The molecule has 2 fully saturated rings. The zero-order valence-corrected chi connectivity index (χ0v) is 9.15. The molecule has 0 aromatic heterocycles. The van der Waals surface area contributed by atoms with E-state index in [1.807, 2.05) is 0 Å². The largest absolute Gasteiger partial charge is 0.379 e. The molecule has 3 amide bonds. The van der Waals surface area contributed by atoms with Gasteiger partial charge < -0.3 is 10.5 Å². The van der Waals surface area contributed by atoms with E-state index in [2.05, 4.69) is 10.2 Å². The van der Waals surface area contributed by atoms with Crippen LogP contribution < -0.4 is 11.1 Å². The summed E-state index contributed by atoms with van der Waals surface area (Å²) in [6.45, 7) is 2.59. The van der Waals surface area contributed by atoms with Crippen LogP contribution in [0.25, 0.3) is 0 Å². The highest BCUT2D eigenvalue weighted by atomic mass is 16.5. The van der Waals surface area contributed by atoms with Gasteiger partial charge in [0.15, 0.2) is 0 Å². The zero-order valence-electron chi connectivity index (χ0n) is 9.15. The SMILES string of the molecule is NC(=O)NC(=O)CN1CCC[C@@H]2COC[C@@H]21. The minimum Gasteiger partial charge on any atom is -0.379 e. The molecular formula is C10H17N3O3. The molecule has 0 aliphatic carbocycles. The molecular weight excluding hydrogens is 210 g/mol. The maximum atomic E-state index is 11.4. The molecule has 0 saturated carbocycles. The molecule has 0 aromatic rings. The molecule has 0 bridgehead atoms. The Bertz CT molecular complexity index is 295. The summed E-state index contributed by atoms with van der Waals surface area (Å²) < 4.78 is 5.42. The first kappa shape index (κ1) is 11.3. The Morgan fingerprint density at radius 3 is 3.00 bits per heavy atom. The predicted octanol–water partition coefficient (Wildman–Crippen LogP) is -0.708. The van der Waals surface area contributed by atoms with Gasteiger partial charge in [-0.2, -0.15) is 0 Å². The smallest absolute Gasteiger partial charge is 0.318 e. The summed E-state index contributed by atoms with van der Waals surface area (Å²) in [6, 6.07) is -0.464. The monoisotopic (exact) mass is 227 g/mol. The van der Waals surface area contributed by atoms with Gasteiger partial charge in [-0.1, -0.05) is 0 Å². The number of piperidine rings is 1. The average Bonchev–Trinajstić information content (AvgIpc) is 2.65. The highest BCUT2D eigenvalue weighted by Crippen LogP contribution is 2.28. The van der Waals surface area contributed by atoms with Gasteiger partial charge in [-0.25, -0.2) is 4.79 Å². The highest BCUT2D eigenvalue weighted by Gasteiger charge is 2.36. The number of rotatable bonds is 2. The van der Waals surface area contributed by atoms with Crippen LogP contribution in [0.15, 0.2) is 0 Å². The maximum Gasteiger partial charge on any atom is 0.318 e. The third-order valence-electron chi connectivity index (χ3n) is 3.26. The Morgan fingerprint density at radius 1 is 1.44 bits per heavy atom. The zero-order chi connectivity index (χ0) is 11.5. The van der Waals surface area contributed by atoms with E-state index >= 15 is 0 Å². The van der Waals surface area contributed by atoms with Crippen LogP contribution in [0, 0.1) is 5.92 Å². The summed E-state index contributed by atoms with van der Waals surface area (Å²) in [5, 5.41) is 2.09. The van der Waals surface area contributed by atoms with Gasteiger partial charge in [0.25, 0.3) is 0 Å². The maximum absolute atomic E-state index is 11.4. The fourth-order valence-electron chi connectivity index (χ4n) is 2.55. The van der Waals surface area contributed by atoms with Gasteiger partial charge >= 0.3 is 6.03 Å². The third-order valence-corrected chi connectivity index (χ3v) is 3.26. The molecule has 6 heteroatoms. The van der Waals surface area contributed by atoms with Crippen molar-refractivity contribution in [3.63, 3.8) is 0 Å². The van der Waals surface area contributed by atoms with Crippen molar-refractivity contribution in [3.8, 4) is 0 Å². The van der Waals surface area contributed by atoms with E-state index < -0.39 is 6.03 Å². The number of hydrogen-bond acceptors (Lipinski definition) is 4. The lowest BCUT2D eigenvalue weighted by atomic mass is 9.92. The molecule has 2 atom stereocenters. The van der Waals surface area contributed by atoms with E-state index in [9.17, 15) is 9.59 Å². The molecule has 16 heavy (non-hydrogen) atoms. The number of fused-ring (bicyclic) bond motifs is 1. The Kier molecular flexibility index (Phi) is 3.40. The summed E-state index contributed by atoms with van der Waals surface area (Å²) in [4.78, 5) is 24.0. The quantitative estimate of drug-likeness (QED) is 0.652. The number of nitrogens with zero attached hydrogens (tertiary/aromatic N) is 1. The number of nitrogens with one attached hydrogen (secondary N) is 1. The van der Waals surface area contributed by atoms with E-state index in [0.717, 1.165) is 19.6 Å². The van der Waals surface area contributed by atoms with Crippen molar-refractivity contribution in [3.05, 3.63) is 0 Å². The molecule has 2 saturated heterocycles. The van der Waals surface area contributed by atoms with Crippen molar-refractivity contribution >= 4 is 11.9 Å². The van der Waals surface area contributed by atoms with Gasteiger partial charge in [-0.15, -0.1) is 0 Å². The van der Waals surface area contributed by atoms with Crippen LogP contribution in [-0.2, 0) is 9.53 Å². The summed E-state index contributed by atoms with van der Waals surface area (Å²) in [5.74, 6) is 0.204. The van der Waals surface area contributed by atoms with Crippen molar-refractivity contribution in [1.82, 2.24) is 10.2 Å². The Morgan fingerprint density at radius 2 is 2.25 bits per heavy atom. The van der Waals surface area contributed by atoms with Crippen LogP contribution >= 0.6 is 0 Å². The topological polar surface area (TPSA) is 84.7 Å². The second-order valence-corrected chi connectivity index (χ2v) is 4.39. The lowest BCUT2D eigenvalue weighted by Crippen LogP contribution is -2.50. The summed E-state index contributed by atoms with van der Waals surface area (Å²) in [6.07, 6.45) is 2.24. The van der Waals surface area contributed by atoms with Gasteiger partial charge in [-0.05, 0) is 19.4 Å². The molecule has 3 N–H and O–H groups in total. The van der Waals surface area contributed by atoms with Crippen LogP contribution in [0.5, 0.6) is 0 Å². The number of amides is 3. The minimum absolute atomic E-state index is 0.230. The fourth-order valence-corrected chi connectivity index (χ4v) is 2.55. The van der Waals surface area contributed by atoms with Crippen LogP contribution in [0.1, 0.15) is 12.8 Å². The first-order valence-corrected chi connectivity index (χ1v) is 5.58. The molecule has 2 aliphatic rings. The molecule has 2 heterocycles. The average molecular weight is 227 g/mol. The minimum atomic E-state index is -0.791. The molecule has 0 aromatic carbocycles. The number of carbonyl (C=O) groups is 2. The van der Waals surface area contributed by atoms with Gasteiger partial charge in [0.1, 0.15) is 0 Å². The van der Waals surface area contributed by atoms with Gasteiger partial charge in [0, 0.05) is 12.0 Å². The van der Waals surface area contributed by atoms with E-state index in [1.165, 1.54) is 6.42 Å². The van der Waals surface area contributed by atoms with Crippen LogP contribution in [-0.4, -0.2) is 49.2 Å². The molecule has 0 radical (unpaired) electrons. The van der Waals surface area contributed by atoms with E-state index in [-0.39, 0.29) is 12.5 Å². The normalized spacial score (nSPS) is 29.8. The first-order valence-electron chi connectivity index (χ1n) is 5.58. The number of hydrogen-bond donors (Lipinski definition) is 2. The number of nitrogens with two attached hydrogens (primary N) is 1. The van der Waals surface area contributed by atoms with E-state index in [0.29, 0.717) is 18.6 Å². The standard InChI is InChI=1S/C10H17N3O3/c11-10(15)12-9(14)4-13-3-1-2-7-5-16-6-8(7)13/h7-8H,1-6H2,(H3,11,12,14,15)/t7-,8+/m1/s1. The van der Waals surface area contributed by atoms with E-state index in [1.54, 1.807) is 0 Å². The van der Waals surface area contributed by atoms with Crippen molar-refractivity contribution in [2.24, 2.45) is 11.7 Å². The number of carbonyl (C=O) groups excluding carboxylic acids is 2. The number of urea groups is 1. The second kappa shape index (κ2) is 4.80.